The number of nitrogens with zero attached hydrogens (tertiary/aromatic N) is 1. The Kier molecular flexibility index (Phi) is 12.9. The number of carboxylic acid groups (broad SMARTS) is 1. The third kappa shape index (κ3) is 10.9. The summed E-state index contributed by atoms with van der Waals surface area (Å²) in [6.07, 6.45) is 3.82. The number of carbonyl (C=O) groups excluding carboxylic acids is 4. The van der Waals surface area contributed by atoms with E-state index >= 15 is 0 Å². The van der Waals surface area contributed by atoms with Crippen molar-refractivity contribution in [1.29, 1.82) is 0 Å². The Morgan fingerprint density at radius 3 is 2.09 bits per heavy atom. The lowest BCUT2D eigenvalue weighted by Gasteiger charge is -2.25. The number of aliphatic hydroxyl groups is 1. The lowest BCUT2D eigenvalue weighted by molar-refractivity contribution is -0.143. The fourth-order valence-electron chi connectivity index (χ4n) is 3.05. The smallest absolute Gasteiger partial charge is 0.328 e. The van der Waals surface area contributed by atoms with Crippen molar-refractivity contribution in [3.05, 3.63) is 18.2 Å². The normalized spacial score (nSPS) is 14.3. The predicted molar refractivity (Wildman–Crippen MR) is 122 cm³/mol. The van der Waals surface area contributed by atoms with Crippen LogP contribution < -0.4 is 33.2 Å². The maximum atomic E-state index is 13.0. The molecule has 0 aromatic carbocycles. The highest BCUT2D eigenvalue weighted by Crippen LogP contribution is 2.06. The van der Waals surface area contributed by atoms with Gasteiger partial charge in [-0.1, -0.05) is 0 Å². The van der Waals surface area contributed by atoms with E-state index in [-0.39, 0.29) is 25.7 Å². The monoisotopic (exact) mass is 498 g/mol. The summed E-state index contributed by atoms with van der Waals surface area (Å²) >= 11 is 0. The van der Waals surface area contributed by atoms with Gasteiger partial charge in [0.15, 0.2) is 0 Å². The van der Waals surface area contributed by atoms with Crippen LogP contribution in [0.5, 0.6) is 0 Å². The SMILES string of the molecule is NCCCCC(NC(=O)C(N)Cc1cnc[nH]1)C(=O)NC(CCC(N)=O)C(=O)NC(CO)C(=O)O. The van der Waals surface area contributed by atoms with Gasteiger partial charge in [-0.3, -0.25) is 19.2 Å². The summed E-state index contributed by atoms with van der Waals surface area (Å²) < 4.78 is 0. The molecule has 1 aromatic heterocycles. The zero-order valence-corrected chi connectivity index (χ0v) is 19.2. The summed E-state index contributed by atoms with van der Waals surface area (Å²) in [5.74, 6) is -4.53. The Morgan fingerprint density at radius 1 is 0.971 bits per heavy atom. The van der Waals surface area contributed by atoms with Crippen LogP contribution in [0.4, 0.5) is 0 Å². The zero-order chi connectivity index (χ0) is 26.4. The summed E-state index contributed by atoms with van der Waals surface area (Å²) in [6.45, 7) is -0.521. The van der Waals surface area contributed by atoms with E-state index in [0.717, 1.165) is 0 Å². The fraction of sp³-hybridized carbons (Fsp3) is 0.600. The van der Waals surface area contributed by atoms with Gasteiger partial charge >= 0.3 is 5.97 Å². The first-order valence-corrected chi connectivity index (χ1v) is 11.0. The van der Waals surface area contributed by atoms with Crippen molar-refractivity contribution >= 4 is 29.6 Å². The largest absolute Gasteiger partial charge is 0.480 e. The van der Waals surface area contributed by atoms with Crippen LogP contribution in [0, 0.1) is 0 Å². The van der Waals surface area contributed by atoms with Crippen LogP contribution in [-0.4, -0.2) is 87.1 Å². The van der Waals surface area contributed by atoms with Crippen LogP contribution in [0.3, 0.4) is 0 Å². The zero-order valence-electron chi connectivity index (χ0n) is 19.2. The summed E-state index contributed by atoms with van der Waals surface area (Å²) in [7, 11) is 0. The van der Waals surface area contributed by atoms with E-state index in [4.69, 9.17) is 27.4 Å². The summed E-state index contributed by atoms with van der Waals surface area (Å²) in [5, 5.41) is 25.3. The molecule has 4 atom stereocenters. The van der Waals surface area contributed by atoms with Crippen molar-refractivity contribution in [1.82, 2.24) is 25.9 Å². The molecule has 4 amide bonds. The Hall–Kier alpha value is -3.56. The van der Waals surface area contributed by atoms with E-state index in [9.17, 15) is 24.0 Å². The molecule has 0 aliphatic heterocycles. The van der Waals surface area contributed by atoms with Crippen molar-refractivity contribution < 1.29 is 34.2 Å². The van der Waals surface area contributed by atoms with Gasteiger partial charge in [0, 0.05) is 24.7 Å². The third-order valence-corrected chi connectivity index (χ3v) is 5.02. The first-order valence-electron chi connectivity index (χ1n) is 11.0. The quantitative estimate of drug-likeness (QED) is 0.0945. The number of primary amides is 1. The van der Waals surface area contributed by atoms with Crippen molar-refractivity contribution in [2.24, 2.45) is 17.2 Å². The predicted octanol–water partition coefficient (Wildman–Crippen LogP) is -3.79. The third-order valence-electron chi connectivity index (χ3n) is 5.02. The second-order valence-electron chi connectivity index (χ2n) is 7.88. The number of aliphatic carboxylic acids is 1. The number of aromatic amines is 1. The minimum atomic E-state index is -1.61. The lowest BCUT2D eigenvalue weighted by Crippen LogP contribution is -2.57. The van der Waals surface area contributed by atoms with E-state index in [1.54, 1.807) is 0 Å². The second-order valence-corrected chi connectivity index (χ2v) is 7.88. The first-order chi connectivity index (χ1) is 16.6. The molecule has 15 nitrogen and oxygen atoms in total. The Labute approximate surface area is 201 Å². The van der Waals surface area contributed by atoms with Crippen molar-refractivity contribution in [3.63, 3.8) is 0 Å². The molecule has 1 rings (SSSR count). The standard InChI is InChI=1S/C20H34N8O7/c21-6-2-1-3-13(26-17(31)12(22)7-11-8-24-10-25-11)18(32)27-14(4-5-16(23)30)19(33)28-15(9-29)20(34)35/h8,10,12-15,29H,1-7,9,21-22H2,(H2,23,30)(H,24,25)(H,26,31)(H,27,32)(H,28,33)(H,34,35). The number of H-pyrrole nitrogens is 1. The lowest BCUT2D eigenvalue weighted by atomic mass is 10.0. The van der Waals surface area contributed by atoms with Crippen molar-refractivity contribution in [2.75, 3.05) is 13.2 Å². The first kappa shape index (κ1) is 29.5. The Balaban J connectivity index is 2.94. The maximum absolute atomic E-state index is 13.0. The topological polar surface area (TPSA) is 269 Å². The van der Waals surface area contributed by atoms with Gasteiger partial charge in [0.1, 0.15) is 18.1 Å². The van der Waals surface area contributed by atoms with Crippen LogP contribution in [-0.2, 0) is 30.4 Å². The number of aromatic nitrogens is 2. The minimum Gasteiger partial charge on any atom is -0.480 e. The molecule has 1 heterocycles. The summed E-state index contributed by atoms with van der Waals surface area (Å²) in [4.78, 5) is 67.2. The Morgan fingerprint density at radius 2 is 1.57 bits per heavy atom. The van der Waals surface area contributed by atoms with Crippen LogP contribution in [0.2, 0.25) is 0 Å². The van der Waals surface area contributed by atoms with Gasteiger partial charge in [0.25, 0.3) is 0 Å². The van der Waals surface area contributed by atoms with Gasteiger partial charge < -0.3 is 48.3 Å². The molecule has 0 saturated heterocycles. The molecule has 196 valence electrons. The van der Waals surface area contributed by atoms with Gasteiger partial charge in [-0.15, -0.1) is 0 Å². The van der Waals surface area contributed by atoms with Crippen molar-refractivity contribution in [2.45, 2.75) is 62.7 Å². The van der Waals surface area contributed by atoms with Gasteiger partial charge in [-0.05, 0) is 32.2 Å². The number of nitrogens with two attached hydrogens (primary N) is 3. The molecule has 0 bridgehead atoms. The maximum Gasteiger partial charge on any atom is 0.328 e. The molecule has 15 heteroatoms. The highest BCUT2D eigenvalue weighted by atomic mass is 16.4. The molecule has 1 aromatic rings. The van der Waals surface area contributed by atoms with E-state index in [0.29, 0.717) is 25.1 Å². The molecule has 0 aliphatic rings. The van der Waals surface area contributed by atoms with Crippen molar-refractivity contribution in [3.8, 4) is 0 Å². The fourth-order valence-corrected chi connectivity index (χ4v) is 3.05. The van der Waals surface area contributed by atoms with Crippen LogP contribution in [0.15, 0.2) is 12.5 Å². The number of hydrogen-bond acceptors (Lipinski definition) is 9. The molecule has 0 radical (unpaired) electrons. The molecule has 0 spiro atoms. The highest BCUT2D eigenvalue weighted by molar-refractivity contribution is 5.94. The number of imidazole rings is 1. The minimum absolute atomic E-state index is 0.143. The average molecular weight is 499 g/mol. The van der Waals surface area contributed by atoms with Crippen LogP contribution in [0.1, 0.15) is 37.8 Å². The average Bonchev–Trinajstić information content (AvgIpc) is 3.31. The summed E-state index contributed by atoms with van der Waals surface area (Å²) in [6, 6.07) is -5.04. The number of unbranched alkanes of at least 4 members (excludes halogenated alkanes) is 1. The van der Waals surface area contributed by atoms with E-state index in [1.165, 1.54) is 12.5 Å². The molecule has 12 N–H and O–H groups in total. The number of carbonyl (C=O) groups is 5. The molecular formula is C20H34N8O7. The van der Waals surface area contributed by atoms with Gasteiger partial charge in [-0.2, -0.15) is 0 Å². The van der Waals surface area contributed by atoms with E-state index in [2.05, 4.69) is 25.9 Å². The molecule has 4 unspecified atom stereocenters. The molecule has 35 heavy (non-hydrogen) atoms. The number of rotatable bonds is 17. The molecule has 0 aliphatic carbocycles. The Bertz CT molecular complexity index is 849. The molecular weight excluding hydrogens is 464 g/mol. The second kappa shape index (κ2) is 15.4. The van der Waals surface area contributed by atoms with Gasteiger partial charge in [0.05, 0.1) is 19.0 Å². The molecule has 0 saturated carbocycles. The molecule has 0 fully saturated rings. The highest BCUT2D eigenvalue weighted by Gasteiger charge is 2.30. The van der Waals surface area contributed by atoms with E-state index in [1.807, 2.05) is 0 Å². The van der Waals surface area contributed by atoms with Crippen LogP contribution in [0.25, 0.3) is 0 Å². The van der Waals surface area contributed by atoms with Gasteiger partial charge in [0.2, 0.25) is 23.6 Å². The number of nitrogens with one attached hydrogen (secondary N) is 4. The number of hydrogen-bond donors (Lipinski definition) is 9. The van der Waals surface area contributed by atoms with Gasteiger partial charge in [-0.25, -0.2) is 9.78 Å². The number of amides is 4. The number of aliphatic hydroxyl groups excluding tert-OH is 1. The summed E-state index contributed by atoms with van der Waals surface area (Å²) in [5.41, 5.74) is 17.2. The van der Waals surface area contributed by atoms with E-state index < -0.39 is 60.4 Å². The van der Waals surface area contributed by atoms with Crippen LogP contribution >= 0.6 is 0 Å². The number of carboxylic acids is 1.